The fraction of sp³-hybridized carbons (Fsp3) is 0.609. The van der Waals surface area contributed by atoms with Gasteiger partial charge in [-0.05, 0) is 70.2 Å². The van der Waals surface area contributed by atoms with E-state index in [-0.39, 0.29) is 30.5 Å². The largest absolute Gasteiger partial charge is 0.484 e. The van der Waals surface area contributed by atoms with E-state index in [1.165, 1.54) is 0 Å². The minimum absolute atomic E-state index is 0.000204. The molecule has 1 aromatic rings. The van der Waals surface area contributed by atoms with Crippen LogP contribution in [0.2, 0.25) is 0 Å². The summed E-state index contributed by atoms with van der Waals surface area (Å²) in [7, 11) is 0. The molecular formula is C23H31N3O3. The molecule has 3 rings (SSSR count). The Bertz CT molecular complexity index is 753. The molecule has 2 atom stereocenters. The molecule has 0 spiro atoms. The lowest BCUT2D eigenvalue weighted by Crippen LogP contribution is -2.49. The van der Waals surface area contributed by atoms with Gasteiger partial charge in [-0.3, -0.25) is 9.59 Å². The van der Waals surface area contributed by atoms with Gasteiger partial charge in [0.2, 0.25) is 0 Å². The predicted molar refractivity (Wildman–Crippen MR) is 110 cm³/mol. The zero-order chi connectivity index (χ0) is 20.9. The highest BCUT2D eigenvalue weighted by molar-refractivity contribution is 5.95. The second kappa shape index (κ2) is 9.30. The summed E-state index contributed by atoms with van der Waals surface area (Å²) in [5, 5.41) is 12.4. The fourth-order valence-electron chi connectivity index (χ4n) is 4.54. The number of nitriles is 1. The molecule has 0 aromatic heterocycles. The normalized spacial score (nSPS) is 23.7. The minimum Gasteiger partial charge on any atom is -0.484 e. The summed E-state index contributed by atoms with van der Waals surface area (Å²) in [5.74, 6) is 0.312. The van der Waals surface area contributed by atoms with Crippen molar-refractivity contribution in [3.63, 3.8) is 0 Å². The molecular weight excluding hydrogens is 366 g/mol. The molecule has 2 fully saturated rings. The molecule has 1 aliphatic carbocycles. The highest BCUT2D eigenvalue weighted by atomic mass is 16.5. The number of hydrogen-bond acceptors (Lipinski definition) is 4. The van der Waals surface area contributed by atoms with Crippen LogP contribution < -0.4 is 10.1 Å². The zero-order valence-corrected chi connectivity index (χ0v) is 17.4. The van der Waals surface area contributed by atoms with Crippen LogP contribution >= 0.6 is 0 Å². The third-order valence-electron chi connectivity index (χ3n) is 6.23. The summed E-state index contributed by atoms with van der Waals surface area (Å²) < 4.78 is 5.67. The minimum atomic E-state index is -0.751. The van der Waals surface area contributed by atoms with Gasteiger partial charge in [0.1, 0.15) is 11.3 Å². The van der Waals surface area contributed by atoms with Crippen LogP contribution in [0.15, 0.2) is 24.3 Å². The van der Waals surface area contributed by atoms with Crippen LogP contribution in [0.3, 0.4) is 0 Å². The number of amides is 2. The Hall–Kier alpha value is -2.55. The first-order valence-corrected chi connectivity index (χ1v) is 10.7. The maximum absolute atomic E-state index is 12.6. The number of rotatable bonds is 5. The monoisotopic (exact) mass is 397 g/mol. The Morgan fingerprint density at radius 3 is 2.31 bits per heavy atom. The summed E-state index contributed by atoms with van der Waals surface area (Å²) in [6.07, 6.45) is 7.65. The molecule has 0 bridgehead atoms. The third-order valence-corrected chi connectivity index (χ3v) is 6.23. The van der Waals surface area contributed by atoms with Crippen molar-refractivity contribution in [2.24, 2.45) is 0 Å². The Labute approximate surface area is 173 Å². The van der Waals surface area contributed by atoms with E-state index in [1.807, 2.05) is 4.90 Å². The van der Waals surface area contributed by atoms with Crippen molar-refractivity contribution in [3.05, 3.63) is 29.8 Å². The SMILES string of the molecule is CC1CCCC(C)N1C(=O)COc1ccc(C(=O)NC2(C#N)CCCCC2)cc1. The lowest BCUT2D eigenvalue weighted by atomic mass is 9.82. The van der Waals surface area contributed by atoms with Gasteiger partial charge in [-0.1, -0.05) is 19.3 Å². The van der Waals surface area contributed by atoms with E-state index in [2.05, 4.69) is 25.2 Å². The second-order valence-corrected chi connectivity index (χ2v) is 8.45. The van der Waals surface area contributed by atoms with Gasteiger partial charge in [-0.15, -0.1) is 0 Å². The smallest absolute Gasteiger partial charge is 0.260 e. The van der Waals surface area contributed by atoms with Gasteiger partial charge in [-0.25, -0.2) is 0 Å². The Morgan fingerprint density at radius 1 is 1.10 bits per heavy atom. The summed E-state index contributed by atoms with van der Waals surface area (Å²) in [4.78, 5) is 27.1. The maximum Gasteiger partial charge on any atom is 0.260 e. The molecule has 2 unspecified atom stereocenters. The van der Waals surface area contributed by atoms with E-state index in [1.54, 1.807) is 24.3 Å². The maximum atomic E-state index is 12.6. The van der Waals surface area contributed by atoms with Crippen molar-refractivity contribution in [2.45, 2.75) is 82.8 Å². The van der Waals surface area contributed by atoms with E-state index in [0.717, 1.165) is 38.5 Å². The number of carbonyl (C=O) groups excluding carboxylic acids is 2. The molecule has 6 nitrogen and oxygen atoms in total. The molecule has 1 saturated heterocycles. The fourth-order valence-corrected chi connectivity index (χ4v) is 4.54. The highest BCUT2D eigenvalue weighted by Gasteiger charge is 2.34. The number of benzene rings is 1. The highest BCUT2D eigenvalue weighted by Crippen LogP contribution is 2.28. The van der Waals surface area contributed by atoms with Crippen LogP contribution in [0.1, 0.15) is 75.6 Å². The number of carbonyl (C=O) groups is 2. The molecule has 1 aliphatic heterocycles. The van der Waals surface area contributed by atoms with Gasteiger partial charge >= 0.3 is 0 Å². The first-order chi connectivity index (χ1) is 13.9. The molecule has 1 N–H and O–H groups in total. The number of likely N-dealkylation sites (tertiary alicyclic amines) is 1. The zero-order valence-electron chi connectivity index (χ0n) is 17.4. The van der Waals surface area contributed by atoms with Crippen LogP contribution in [-0.4, -0.2) is 40.9 Å². The van der Waals surface area contributed by atoms with Gasteiger partial charge in [0.15, 0.2) is 6.61 Å². The van der Waals surface area contributed by atoms with Gasteiger partial charge in [-0.2, -0.15) is 5.26 Å². The molecule has 2 amide bonds. The summed E-state index contributed by atoms with van der Waals surface area (Å²) in [5.41, 5.74) is -0.263. The van der Waals surface area contributed by atoms with Crippen molar-refractivity contribution < 1.29 is 14.3 Å². The Kier molecular flexibility index (Phi) is 6.79. The third kappa shape index (κ3) is 5.09. The van der Waals surface area contributed by atoms with E-state index < -0.39 is 5.54 Å². The lowest BCUT2D eigenvalue weighted by Gasteiger charge is -2.38. The topological polar surface area (TPSA) is 82.4 Å². The number of piperidine rings is 1. The first kappa shape index (κ1) is 21.2. The Morgan fingerprint density at radius 2 is 1.72 bits per heavy atom. The van der Waals surface area contributed by atoms with Gasteiger partial charge < -0.3 is 15.0 Å². The van der Waals surface area contributed by atoms with E-state index in [9.17, 15) is 14.9 Å². The van der Waals surface area contributed by atoms with Crippen LogP contribution in [0, 0.1) is 11.3 Å². The van der Waals surface area contributed by atoms with Crippen molar-refractivity contribution in [2.75, 3.05) is 6.61 Å². The lowest BCUT2D eigenvalue weighted by molar-refractivity contribution is -0.139. The van der Waals surface area contributed by atoms with E-state index in [4.69, 9.17) is 4.74 Å². The Balaban J connectivity index is 1.55. The van der Waals surface area contributed by atoms with E-state index in [0.29, 0.717) is 24.2 Å². The van der Waals surface area contributed by atoms with Crippen molar-refractivity contribution in [3.8, 4) is 11.8 Å². The van der Waals surface area contributed by atoms with Crippen molar-refractivity contribution in [1.82, 2.24) is 10.2 Å². The van der Waals surface area contributed by atoms with Crippen LogP contribution in [-0.2, 0) is 4.79 Å². The summed E-state index contributed by atoms with van der Waals surface area (Å²) >= 11 is 0. The summed E-state index contributed by atoms with van der Waals surface area (Å²) in [6.45, 7) is 4.17. The molecule has 2 aliphatic rings. The second-order valence-electron chi connectivity index (χ2n) is 8.45. The quantitative estimate of drug-likeness (QED) is 0.819. The number of ether oxygens (including phenoxy) is 1. The standard InChI is InChI=1S/C23H31N3O3/c1-17-7-6-8-18(2)26(17)21(27)15-29-20-11-9-19(10-12-20)22(28)25-23(16-24)13-4-3-5-14-23/h9-12,17-18H,3-8,13-15H2,1-2H3,(H,25,28). The number of nitrogens with one attached hydrogen (secondary N) is 1. The van der Waals surface area contributed by atoms with Crippen molar-refractivity contribution in [1.29, 1.82) is 5.26 Å². The number of hydrogen-bond donors (Lipinski definition) is 1. The van der Waals surface area contributed by atoms with Gasteiger partial charge in [0.05, 0.1) is 6.07 Å². The summed E-state index contributed by atoms with van der Waals surface area (Å²) in [6, 6.07) is 9.54. The average Bonchev–Trinajstić information content (AvgIpc) is 2.73. The number of nitrogens with zero attached hydrogens (tertiary/aromatic N) is 2. The molecule has 0 radical (unpaired) electrons. The molecule has 1 aromatic carbocycles. The first-order valence-electron chi connectivity index (χ1n) is 10.7. The molecule has 1 saturated carbocycles. The predicted octanol–water partition coefficient (Wildman–Crippen LogP) is 3.81. The van der Waals surface area contributed by atoms with Gasteiger partial charge in [0, 0.05) is 17.6 Å². The molecule has 6 heteroatoms. The van der Waals surface area contributed by atoms with Gasteiger partial charge in [0.25, 0.3) is 11.8 Å². The average molecular weight is 398 g/mol. The molecule has 1 heterocycles. The molecule has 156 valence electrons. The van der Waals surface area contributed by atoms with E-state index >= 15 is 0 Å². The molecule has 29 heavy (non-hydrogen) atoms. The van der Waals surface area contributed by atoms with Crippen molar-refractivity contribution >= 4 is 11.8 Å². The van der Waals surface area contributed by atoms with Crippen LogP contribution in [0.4, 0.5) is 0 Å². The van der Waals surface area contributed by atoms with Crippen LogP contribution in [0.5, 0.6) is 5.75 Å². The van der Waals surface area contributed by atoms with Crippen LogP contribution in [0.25, 0.3) is 0 Å².